The number of anilines is 1. The summed E-state index contributed by atoms with van der Waals surface area (Å²) in [6.07, 6.45) is 0.828. The molecule has 0 aliphatic heterocycles. The van der Waals surface area contributed by atoms with E-state index in [0.717, 1.165) is 17.7 Å². The number of ether oxygens (including phenoxy) is 1. The van der Waals surface area contributed by atoms with Crippen LogP contribution in [0.4, 0.5) is 5.69 Å². The molecule has 130 valence electrons. The second-order valence-corrected chi connectivity index (χ2v) is 6.02. The Kier molecular flexibility index (Phi) is 7.59. The number of nitrogens with one attached hydrogen (secondary N) is 1. The van der Waals surface area contributed by atoms with E-state index in [1.807, 2.05) is 24.3 Å². The molecule has 0 aromatic heterocycles. The number of methoxy groups -OCH3 is 1. The fourth-order valence-corrected chi connectivity index (χ4v) is 2.61. The first-order valence-corrected chi connectivity index (χ1v) is 7.80. The lowest BCUT2D eigenvalue weighted by Gasteiger charge is -2.23. The number of nitrogen functional groups attached to an aromatic ring is 1. The van der Waals surface area contributed by atoms with E-state index in [4.69, 9.17) is 10.5 Å². The number of amides is 1. The van der Waals surface area contributed by atoms with Crippen molar-refractivity contribution in [2.24, 2.45) is 5.92 Å². The van der Waals surface area contributed by atoms with Crippen LogP contribution in [0.3, 0.4) is 0 Å². The van der Waals surface area contributed by atoms with Crippen LogP contribution in [0.15, 0.2) is 48.5 Å². The number of benzene rings is 2. The average Bonchev–Trinajstić information content (AvgIpc) is 2.53. The first-order valence-electron chi connectivity index (χ1n) is 7.80. The van der Waals surface area contributed by atoms with Crippen molar-refractivity contribution in [2.45, 2.75) is 26.3 Å². The molecular formula is C19H25ClN2O2. The van der Waals surface area contributed by atoms with Gasteiger partial charge in [0, 0.05) is 16.8 Å². The van der Waals surface area contributed by atoms with Crippen molar-refractivity contribution >= 4 is 24.0 Å². The number of hydrogen-bond donors (Lipinski definition) is 2. The van der Waals surface area contributed by atoms with Crippen LogP contribution in [-0.2, 0) is 0 Å². The molecule has 0 saturated heterocycles. The Bertz CT molecular complexity index is 674. The van der Waals surface area contributed by atoms with Gasteiger partial charge in [-0.3, -0.25) is 4.79 Å². The van der Waals surface area contributed by atoms with Gasteiger partial charge in [0.05, 0.1) is 13.2 Å². The SMILES string of the molecule is COc1ccccc1C(CC(C)C)NC(=O)c1cccc(N)c1.Cl. The summed E-state index contributed by atoms with van der Waals surface area (Å²) in [6.45, 7) is 4.27. The van der Waals surface area contributed by atoms with Gasteiger partial charge < -0.3 is 15.8 Å². The molecule has 0 aliphatic carbocycles. The molecule has 24 heavy (non-hydrogen) atoms. The van der Waals surface area contributed by atoms with Gasteiger partial charge in [-0.2, -0.15) is 0 Å². The zero-order valence-electron chi connectivity index (χ0n) is 14.3. The fourth-order valence-electron chi connectivity index (χ4n) is 2.61. The zero-order valence-corrected chi connectivity index (χ0v) is 15.1. The highest BCUT2D eigenvalue weighted by molar-refractivity contribution is 5.95. The molecule has 4 nitrogen and oxygen atoms in total. The molecule has 0 saturated carbocycles. The van der Waals surface area contributed by atoms with Gasteiger partial charge in [0.25, 0.3) is 5.91 Å². The summed E-state index contributed by atoms with van der Waals surface area (Å²) in [5.74, 6) is 1.09. The number of para-hydroxylation sites is 1. The predicted molar refractivity (Wildman–Crippen MR) is 101 cm³/mol. The maximum Gasteiger partial charge on any atom is 0.251 e. The van der Waals surface area contributed by atoms with E-state index < -0.39 is 0 Å². The molecule has 1 atom stereocenters. The van der Waals surface area contributed by atoms with Gasteiger partial charge in [-0.1, -0.05) is 38.1 Å². The predicted octanol–water partition coefficient (Wildman–Crippen LogP) is 4.22. The topological polar surface area (TPSA) is 64.3 Å². The number of hydrogen-bond acceptors (Lipinski definition) is 3. The van der Waals surface area contributed by atoms with E-state index in [9.17, 15) is 4.79 Å². The first-order chi connectivity index (χ1) is 11.0. The summed E-state index contributed by atoms with van der Waals surface area (Å²) >= 11 is 0. The molecule has 3 N–H and O–H groups in total. The van der Waals surface area contributed by atoms with E-state index in [1.54, 1.807) is 31.4 Å². The molecule has 0 aliphatic rings. The lowest BCUT2D eigenvalue weighted by atomic mass is 9.96. The summed E-state index contributed by atoms with van der Waals surface area (Å²) in [4.78, 5) is 12.6. The van der Waals surface area contributed by atoms with Gasteiger partial charge in [0.1, 0.15) is 5.75 Å². The summed E-state index contributed by atoms with van der Waals surface area (Å²) in [5.41, 5.74) is 7.89. The molecule has 2 aromatic rings. The third-order valence-corrected chi connectivity index (χ3v) is 3.68. The second-order valence-electron chi connectivity index (χ2n) is 6.02. The summed E-state index contributed by atoms with van der Waals surface area (Å²) in [5, 5.41) is 3.11. The summed E-state index contributed by atoms with van der Waals surface area (Å²) < 4.78 is 5.44. The molecule has 5 heteroatoms. The minimum Gasteiger partial charge on any atom is -0.496 e. The minimum absolute atomic E-state index is 0. The highest BCUT2D eigenvalue weighted by Gasteiger charge is 2.20. The third-order valence-electron chi connectivity index (χ3n) is 3.68. The molecule has 2 aromatic carbocycles. The maximum atomic E-state index is 12.6. The smallest absolute Gasteiger partial charge is 0.251 e. The first kappa shape index (κ1) is 19.8. The van der Waals surface area contributed by atoms with Crippen LogP contribution in [-0.4, -0.2) is 13.0 Å². The van der Waals surface area contributed by atoms with Gasteiger partial charge in [0.2, 0.25) is 0 Å². The number of carbonyl (C=O) groups is 1. The van der Waals surface area contributed by atoms with Gasteiger partial charge >= 0.3 is 0 Å². The van der Waals surface area contributed by atoms with Crippen molar-refractivity contribution in [2.75, 3.05) is 12.8 Å². The van der Waals surface area contributed by atoms with Crippen molar-refractivity contribution in [3.8, 4) is 5.75 Å². The number of halogens is 1. The maximum absolute atomic E-state index is 12.6. The molecular weight excluding hydrogens is 324 g/mol. The van der Waals surface area contributed by atoms with E-state index in [1.165, 1.54) is 0 Å². The Hall–Kier alpha value is -2.20. The van der Waals surface area contributed by atoms with Gasteiger partial charge in [-0.15, -0.1) is 12.4 Å². The molecule has 0 spiro atoms. The van der Waals surface area contributed by atoms with Crippen LogP contribution < -0.4 is 15.8 Å². The molecule has 0 radical (unpaired) electrons. The molecule has 1 unspecified atom stereocenters. The van der Waals surface area contributed by atoms with Crippen molar-refractivity contribution in [3.05, 3.63) is 59.7 Å². The average molecular weight is 349 g/mol. The number of rotatable bonds is 6. The van der Waals surface area contributed by atoms with Crippen LogP contribution in [0, 0.1) is 5.92 Å². The molecule has 1 amide bonds. The lowest BCUT2D eigenvalue weighted by Crippen LogP contribution is -2.29. The Morgan fingerprint density at radius 1 is 1.17 bits per heavy atom. The van der Waals surface area contributed by atoms with Crippen molar-refractivity contribution < 1.29 is 9.53 Å². The second kappa shape index (κ2) is 9.18. The Morgan fingerprint density at radius 3 is 2.50 bits per heavy atom. The normalized spacial score (nSPS) is 11.5. The highest BCUT2D eigenvalue weighted by Crippen LogP contribution is 2.29. The Labute approximate surface area is 149 Å². The third kappa shape index (κ3) is 5.17. The van der Waals surface area contributed by atoms with Crippen LogP contribution >= 0.6 is 12.4 Å². The van der Waals surface area contributed by atoms with Crippen LogP contribution in [0.2, 0.25) is 0 Å². The van der Waals surface area contributed by atoms with Crippen LogP contribution in [0.25, 0.3) is 0 Å². The van der Waals surface area contributed by atoms with E-state index in [-0.39, 0.29) is 24.4 Å². The molecule has 2 rings (SSSR count). The standard InChI is InChI=1S/C19H24N2O2.ClH/c1-13(2)11-17(16-9-4-5-10-18(16)23-3)21-19(22)14-7-6-8-15(20)12-14;/h4-10,12-13,17H,11,20H2,1-3H3,(H,21,22);1H. The van der Waals surface area contributed by atoms with Gasteiger partial charge in [0.15, 0.2) is 0 Å². The fraction of sp³-hybridized carbons (Fsp3) is 0.316. The minimum atomic E-state index is -0.131. The quantitative estimate of drug-likeness (QED) is 0.768. The molecule has 0 heterocycles. The van der Waals surface area contributed by atoms with E-state index in [2.05, 4.69) is 19.2 Å². The van der Waals surface area contributed by atoms with E-state index in [0.29, 0.717) is 17.2 Å². The van der Waals surface area contributed by atoms with Crippen LogP contribution in [0.1, 0.15) is 42.2 Å². The Morgan fingerprint density at radius 2 is 1.88 bits per heavy atom. The summed E-state index contributed by atoms with van der Waals surface area (Å²) in [7, 11) is 1.64. The molecule has 0 bridgehead atoms. The highest BCUT2D eigenvalue weighted by atomic mass is 35.5. The van der Waals surface area contributed by atoms with Gasteiger partial charge in [-0.25, -0.2) is 0 Å². The lowest BCUT2D eigenvalue weighted by molar-refractivity contribution is 0.0931. The van der Waals surface area contributed by atoms with Crippen molar-refractivity contribution in [1.82, 2.24) is 5.32 Å². The van der Waals surface area contributed by atoms with Crippen molar-refractivity contribution in [3.63, 3.8) is 0 Å². The Balaban J connectivity index is 0.00000288. The van der Waals surface area contributed by atoms with Crippen LogP contribution in [0.5, 0.6) is 5.75 Å². The molecule has 0 fully saturated rings. The number of nitrogens with two attached hydrogens (primary N) is 1. The monoisotopic (exact) mass is 348 g/mol. The number of carbonyl (C=O) groups excluding carboxylic acids is 1. The largest absolute Gasteiger partial charge is 0.496 e. The van der Waals surface area contributed by atoms with Crippen molar-refractivity contribution in [1.29, 1.82) is 0 Å². The van der Waals surface area contributed by atoms with Gasteiger partial charge in [-0.05, 0) is 36.6 Å². The zero-order chi connectivity index (χ0) is 16.8. The van der Waals surface area contributed by atoms with E-state index >= 15 is 0 Å². The summed E-state index contributed by atoms with van der Waals surface area (Å²) in [6, 6.07) is 14.7.